The number of hydrogen-bond acceptors (Lipinski definition) is 4. The van der Waals surface area contributed by atoms with E-state index in [4.69, 9.17) is 9.47 Å². The third-order valence-corrected chi connectivity index (χ3v) is 4.92. The van der Waals surface area contributed by atoms with E-state index in [9.17, 15) is 9.59 Å². The number of esters is 2. The Bertz CT molecular complexity index is 648. The number of benzene rings is 2. The molecule has 4 heteroatoms. The molecule has 4 atom stereocenters. The van der Waals surface area contributed by atoms with Crippen molar-refractivity contribution in [2.45, 2.75) is 39.9 Å². The van der Waals surface area contributed by atoms with Crippen LogP contribution in [0.2, 0.25) is 0 Å². The molecular formula is C22H26O4. The van der Waals surface area contributed by atoms with Crippen molar-refractivity contribution in [1.82, 2.24) is 0 Å². The maximum absolute atomic E-state index is 12.2. The molecule has 0 saturated heterocycles. The summed E-state index contributed by atoms with van der Waals surface area (Å²) in [6.45, 7) is 7.74. The van der Waals surface area contributed by atoms with Crippen molar-refractivity contribution in [3.63, 3.8) is 0 Å². The molecule has 0 heterocycles. The van der Waals surface area contributed by atoms with E-state index in [2.05, 4.69) is 0 Å². The molecule has 0 N–H and O–H groups in total. The second-order valence-corrected chi connectivity index (χ2v) is 6.67. The Labute approximate surface area is 155 Å². The molecule has 0 aliphatic heterocycles. The summed E-state index contributed by atoms with van der Waals surface area (Å²) in [6.07, 6.45) is -0.592. The Balaban J connectivity index is 1.91. The van der Waals surface area contributed by atoms with Crippen LogP contribution < -0.4 is 0 Å². The molecule has 0 aliphatic carbocycles. The smallest absolute Gasteiger partial charge is 0.338 e. The van der Waals surface area contributed by atoms with Gasteiger partial charge < -0.3 is 9.47 Å². The van der Waals surface area contributed by atoms with Crippen LogP contribution in [-0.2, 0) is 9.47 Å². The minimum atomic E-state index is -0.342. The summed E-state index contributed by atoms with van der Waals surface area (Å²) < 4.78 is 11.2. The number of rotatable bonds is 7. The molecule has 0 saturated carbocycles. The van der Waals surface area contributed by atoms with E-state index in [0.29, 0.717) is 11.1 Å². The summed E-state index contributed by atoms with van der Waals surface area (Å²) in [7, 11) is 0. The normalized spacial score (nSPS) is 15.4. The van der Waals surface area contributed by atoms with Crippen LogP contribution >= 0.6 is 0 Å². The topological polar surface area (TPSA) is 52.6 Å². The van der Waals surface area contributed by atoms with Gasteiger partial charge in [0.2, 0.25) is 0 Å². The lowest BCUT2D eigenvalue weighted by atomic mass is 9.87. The molecular weight excluding hydrogens is 328 g/mol. The first-order valence-electron chi connectivity index (χ1n) is 8.92. The van der Waals surface area contributed by atoms with Crippen LogP contribution in [0.1, 0.15) is 48.4 Å². The maximum Gasteiger partial charge on any atom is 0.338 e. The second kappa shape index (κ2) is 9.18. The molecule has 2 rings (SSSR count). The quantitative estimate of drug-likeness (QED) is 0.673. The molecule has 4 unspecified atom stereocenters. The Morgan fingerprint density at radius 3 is 1.23 bits per heavy atom. The molecule has 4 nitrogen and oxygen atoms in total. The highest BCUT2D eigenvalue weighted by molar-refractivity contribution is 5.89. The summed E-state index contributed by atoms with van der Waals surface area (Å²) in [6, 6.07) is 17.8. The van der Waals surface area contributed by atoms with E-state index in [1.54, 1.807) is 48.5 Å². The lowest BCUT2D eigenvalue weighted by molar-refractivity contribution is -0.0152. The standard InChI is InChI=1S/C22H26O4/c1-15(17(3)25-21(23)19-11-7-5-8-12-19)16(2)18(4)26-22(24)20-13-9-6-10-14-20/h5-18H,1-4H3. The van der Waals surface area contributed by atoms with Crippen molar-refractivity contribution < 1.29 is 19.1 Å². The zero-order valence-corrected chi connectivity index (χ0v) is 15.7. The summed E-state index contributed by atoms with van der Waals surface area (Å²) in [4.78, 5) is 24.4. The van der Waals surface area contributed by atoms with Crippen molar-refractivity contribution >= 4 is 11.9 Å². The van der Waals surface area contributed by atoms with Crippen molar-refractivity contribution in [2.24, 2.45) is 11.8 Å². The van der Waals surface area contributed by atoms with Crippen LogP contribution in [0.4, 0.5) is 0 Å². The Morgan fingerprint density at radius 2 is 0.923 bits per heavy atom. The van der Waals surface area contributed by atoms with Gasteiger partial charge in [-0.3, -0.25) is 0 Å². The highest BCUT2D eigenvalue weighted by atomic mass is 16.5. The Kier molecular flexibility index (Phi) is 6.96. The largest absolute Gasteiger partial charge is 0.459 e. The van der Waals surface area contributed by atoms with E-state index >= 15 is 0 Å². The van der Waals surface area contributed by atoms with Crippen LogP contribution in [0.3, 0.4) is 0 Å². The maximum atomic E-state index is 12.2. The molecule has 2 aromatic rings. The zero-order chi connectivity index (χ0) is 19.1. The zero-order valence-electron chi connectivity index (χ0n) is 15.7. The van der Waals surface area contributed by atoms with Gasteiger partial charge in [-0.25, -0.2) is 9.59 Å². The third-order valence-electron chi connectivity index (χ3n) is 4.92. The van der Waals surface area contributed by atoms with E-state index < -0.39 is 0 Å². The number of carbonyl (C=O) groups excluding carboxylic acids is 2. The monoisotopic (exact) mass is 354 g/mol. The summed E-state index contributed by atoms with van der Waals surface area (Å²) in [5.41, 5.74) is 1.06. The first-order valence-corrected chi connectivity index (χ1v) is 8.92. The van der Waals surface area contributed by atoms with E-state index in [-0.39, 0.29) is 36.0 Å². The van der Waals surface area contributed by atoms with Gasteiger partial charge in [0.1, 0.15) is 12.2 Å². The molecule has 138 valence electrons. The highest BCUT2D eigenvalue weighted by Gasteiger charge is 2.28. The SMILES string of the molecule is CC(OC(=O)c1ccccc1)C(C)C(C)C(C)OC(=O)c1ccccc1. The van der Waals surface area contributed by atoms with Crippen molar-refractivity contribution in [1.29, 1.82) is 0 Å². The van der Waals surface area contributed by atoms with Crippen LogP contribution in [0, 0.1) is 11.8 Å². The fourth-order valence-corrected chi connectivity index (χ4v) is 2.69. The van der Waals surface area contributed by atoms with Gasteiger partial charge in [0, 0.05) is 0 Å². The molecule has 0 radical (unpaired) electrons. The molecule has 0 fully saturated rings. The number of hydrogen-bond donors (Lipinski definition) is 0. The van der Waals surface area contributed by atoms with Crippen molar-refractivity contribution in [3.05, 3.63) is 71.8 Å². The van der Waals surface area contributed by atoms with Crippen LogP contribution in [0.25, 0.3) is 0 Å². The average Bonchev–Trinajstić information content (AvgIpc) is 2.67. The molecule has 26 heavy (non-hydrogen) atoms. The lowest BCUT2D eigenvalue weighted by Gasteiger charge is -2.30. The fourth-order valence-electron chi connectivity index (χ4n) is 2.69. The third kappa shape index (κ3) is 5.19. The second-order valence-electron chi connectivity index (χ2n) is 6.67. The van der Waals surface area contributed by atoms with Crippen LogP contribution in [-0.4, -0.2) is 24.1 Å². The van der Waals surface area contributed by atoms with Gasteiger partial charge in [-0.1, -0.05) is 50.2 Å². The predicted molar refractivity (Wildman–Crippen MR) is 101 cm³/mol. The first kappa shape index (κ1) is 19.7. The average molecular weight is 354 g/mol. The molecule has 0 aromatic heterocycles. The van der Waals surface area contributed by atoms with Gasteiger partial charge >= 0.3 is 11.9 Å². The van der Waals surface area contributed by atoms with Crippen LogP contribution in [0.15, 0.2) is 60.7 Å². The molecule has 0 spiro atoms. The van der Waals surface area contributed by atoms with Gasteiger partial charge in [-0.2, -0.15) is 0 Å². The number of ether oxygens (including phenoxy) is 2. The number of carbonyl (C=O) groups is 2. The summed E-state index contributed by atoms with van der Waals surface area (Å²) in [5.74, 6) is -0.625. The van der Waals surface area contributed by atoms with Crippen molar-refractivity contribution in [2.75, 3.05) is 0 Å². The summed E-state index contributed by atoms with van der Waals surface area (Å²) >= 11 is 0. The fraction of sp³-hybridized carbons (Fsp3) is 0.364. The van der Waals surface area contributed by atoms with E-state index in [1.165, 1.54) is 0 Å². The lowest BCUT2D eigenvalue weighted by Crippen LogP contribution is -2.34. The van der Waals surface area contributed by atoms with Gasteiger partial charge in [0.15, 0.2) is 0 Å². The van der Waals surface area contributed by atoms with Gasteiger partial charge in [0.25, 0.3) is 0 Å². The minimum absolute atomic E-state index is 0.0289. The van der Waals surface area contributed by atoms with Gasteiger partial charge in [-0.15, -0.1) is 0 Å². The molecule has 0 aliphatic rings. The van der Waals surface area contributed by atoms with E-state index in [1.807, 2.05) is 39.8 Å². The molecule has 2 aromatic carbocycles. The Morgan fingerprint density at radius 1 is 0.615 bits per heavy atom. The predicted octanol–water partition coefficient (Wildman–Crippen LogP) is 4.75. The molecule has 0 bridgehead atoms. The van der Waals surface area contributed by atoms with Crippen molar-refractivity contribution in [3.8, 4) is 0 Å². The van der Waals surface area contributed by atoms with Gasteiger partial charge in [0.05, 0.1) is 11.1 Å². The highest BCUT2D eigenvalue weighted by Crippen LogP contribution is 2.24. The van der Waals surface area contributed by atoms with Gasteiger partial charge in [-0.05, 0) is 49.9 Å². The van der Waals surface area contributed by atoms with E-state index in [0.717, 1.165) is 0 Å². The first-order chi connectivity index (χ1) is 12.4. The Hall–Kier alpha value is -2.62. The van der Waals surface area contributed by atoms with Crippen LogP contribution in [0.5, 0.6) is 0 Å². The minimum Gasteiger partial charge on any atom is -0.459 e. The molecule has 0 amide bonds. The summed E-state index contributed by atoms with van der Waals surface area (Å²) in [5, 5.41) is 0.